The number of aliphatic hydroxyl groups excluding tert-OH is 5. The van der Waals surface area contributed by atoms with Gasteiger partial charge in [0.25, 0.3) is 0 Å². The second kappa shape index (κ2) is 62.0. The van der Waals surface area contributed by atoms with Crippen LogP contribution in [0.4, 0.5) is 0 Å². The zero-order chi connectivity index (χ0) is 59.3. The molecular weight excluding hydrogens is 1020 g/mol. The van der Waals surface area contributed by atoms with Gasteiger partial charge in [-0.2, -0.15) is 0 Å². The summed E-state index contributed by atoms with van der Waals surface area (Å²) in [5.41, 5.74) is 0. The Morgan fingerprint density at radius 1 is 0.415 bits per heavy atom. The Kier molecular flexibility index (Phi) is 58.9. The molecule has 1 heterocycles. The Morgan fingerprint density at radius 2 is 0.732 bits per heavy atom. The minimum Gasteiger partial charge on any atom is -0.394 e. The number of unbranched alkanes of at least 4 members (excludes halogenated alkanes) is 44. The predicted octanol–water partition coefficient (Wildman–Crippen LogP) is 19.4. The molecule has 1 fully saturated rings. The van der Waals surface area contributed by atoms with Gasteiger partial charge in [0.1, 0.15) is 24.4 Å². The van der Waals surface area contributed by atoms with Gasteiger partial charge in [0.15, 0.2) is 6.29 Å². The van der Waals surface area contributed by atoms with Crippen LogP contribution in [0.2, 0.25) is 0 Å². The van der Waals surface area contributed by atoms with Crippen molar-refractivity contribution < 1.29 is 39.8 Å². The first-order chi connectivity index (χ1) is 40.3. The van der Waals surface area contributed by atoms with Gasteiger partial charge in [-0.3, -0.25) is 4.79 Å². The lowest BCUT2D eigenvalue weighted by molar-refractivity contribution is -0.302. The largest absolute Gasteiger partial charge is 0.394 e. The van der Waals surface area contributed by atoms with Gasteiger partial charge in [-0.1, -0.05) is 319 Å². The maximum atomic E-state index is 13.1. The van der Waals surface area contributed by atoms with Gasteiger partial charge in [-0.05, 0) is 77.0 Å². The molecule has 0 aromatic heterocycles. The molecule has 1 amide bonds. The highest BCUT2D eigenvalue weighted by molar-refractivity contribution is 5.76. The van der Waals surface area contributed by atoms with E-state index in [2.05, 4.69) is 67.8 Å². The molecule has 6 N–H and O–H groups in total. The molecule has 480 valence electrons. The molecule has 9 nitrogen and oxygen atoms in total. The average molecular weight is 1150 g/mol. The van der Waals surface area contributed by atoms with Gasteiger partial charge < -0.3 is 40.3 Å². The number of nitrogens with one attached hydrogen (secondary N) is 1. The monoisotopic (exact) mass is 1150 g/mol. The number of rotatable bonds is 62. The number of carbonyl (C=O) groups excluding carboxylic acids is 1. The van der Waals surface area contributed by atoms with Crippen LogP contribution in [0.1, 0.15) is 341 Å². The number of amides is 1. The molecule has 1 saturated heterocycles. The lowest BCUT2D eigenvalue weighted by Gasteiger charge is -2.40. The van der Waals surface area contributed by atoms with Crippen molar-refractivity contribution in [2.45, 2.75) is 384 Å². The number of allylic oxidation sites excluding steroid dienone is 9. The van der Waals surface area contributed by atoms with E-state index in [1.807, 2.05) is 6.08 Å². The van der Waals surface area contributed by atoms with Crippen molar-refractivity contribution in [1.29, 1.82) is 0 Å². The first-order valence-electron chi connectivity index (χ1n) is 35.5. The van der Waals surface area contributed by atoms with Gasteiger partial charge in [0.2, 0.25) is 5.91 Å². The van der Waals surface area contributed by atoms with Crippen molar-refractivity contribution in [2.75, 3.05) is 13.2 Å². The lowest BCUT2D eigenvalue weighted by atomic mass is 9.99. The maximum Gasteiger partial charge on any atom is 0.220 e. The number of hydrogen-bond donors (Lipinski definition) is 6. The fourth-order valence-corrected chi connectivity index (χ4v) is 11.2. The van der Waals surface area contributed by atoms with E-state index < -0.39 is 49.5 Å². The zero-order valence-electron chi connectivity index (χ0n) is 53.8. The minimum atomic E-state index is -1.58. The predicted molar refractivity (Wildman–Crippen MR) is 350 cm³/mol. The standard InChI is InChI=1S/C73H135NO8/c1-3-5-7-9-11-13-15-17-19-21-23-25-27-29-31-32-33-34-35-37-38-40-42-44-46-48-50-52-54-56-58-60-62-67(76)66(65-81-73-72(80)71(79)70(78)68(64-75)82-73)74-69(77)63-61-59-57-55-53-51-49-47-45-43-41-39-36-30-28-26-24-22-20-18-16-14-12-10-8-6-4-2/h16,18,22,24,44,46,52,54,60,62,66-68,70-73,75-76,78-80H,3-15,17,19-21,23,25-43,45,47-51,53,55-59,61,63-65H2,1-2H3,(H,74,77)/b18-16-,24-22-,46-44+,54-52+,62-60+. The minimum absolute atomic E-state index is 0.188. The molecule has 0 aromatic carbocycles. The molecule has 1 aliphatic rings. The molecule has 1 aliphatic heterocycles. The van der Waals surface area contributed by atoms with E-state index in [4.69, 9.17) is 9.47 Å². The van der Waals surface area contributed by atoms with Crippen molar-refractivity contribution in [2.24, 2.45) is 0 Å². The SMILES string of the molecule is CCCCCCC/C=C\C/C=C\CCCCCCCCCCCCCCCCCC(=O)NC(COC1OC(CO)C(O)C(O)C1O)C(O)/C=C/CC/C=C/CC/C=C/CCCCCCCCCCCCCCCCCCCCCCCC. The van der Waals surface area contributed by atoms with Crippen LogP contribution in [0.15, 0.2) is 60.8 Å². The van der Waals surface area contributed by atoms with Gasteiger partial charge in [0.05, 0.1) is 25.4 Å². The van der Waals surface area contributed by atoms with Crippen LogP contribution in [0.25, 0.3) is 0 Å². The molecule has 0 radical (unpaired) electrons. The molecule has 82 heavy (non-hydrogen) atoms. The van der Waals surface area contributed by atoms with Crippen LogP contribution < -0.4 is 5.32 Å². The summed E-state index contributed by atoms with van der Waals surface area (Å²) in [6.45, 7) is 3.79. The first kappa shape index (κ1) is 77.9. The van der Waals surface area contributed by atoms with Crippen LogP contribution in [0.5, 0.6) is 0 Å². The topological polar surface area (TPSA) is 149 Å². The Bertz CT molecular complexity index is 1480. The van der Waals surface area contributed by atoms with E-state index in [0.29, 0.717) is 6.42 Å². The molecule has 0 aliphatic carbocycles. The second-order valence-corrected chi connectivity index (χ2v) is 24.7. The molecule has 0 saturated carbocycles. The first-order valence-corrected chi connectivity index (χ1v) is 35.5. The third kappa shape index (κ3) is 50.1. The maximum absolute atomic E-state index is 13.1. The average Bonchev–Trinajstić information content (AvgIpc) is 3.53. The van der Waals surface area contributed by atoms with E-state index in [-0.39, 0.29) is 12.5 Å². The normalized spacial score (nSPS) is 18.6. The molecule has 0 aromatic rings. The van der Waals surface area contributed by atoms with Gasteiger partial charge in [0, 0.05) is 6.42 Å². The van der Waals surface area contributed by atoms with E-state index in [1.165, 1.54) is 270 Å². The van der Waals surface area contributed by atoms with Crippen LogP contribution in [0, 0.1) is 0 Å². The number of carbonyl (C=O) groups is 1. The summed E-state index contributed by atoms with van der Waals surface area (Å²) in [5.74, 6) is -0.188. The molecule has 9 heteroatoms. The summed E-state index contributed by atoms with van der Waals surface area (Å²) in [4.78, 5) is 13.1. The van der Waals surface area contributed by atoms with E-state index in [1.54, 1.807) is 6.08 Å². The highest BCUT2D eigenvalue weighted by Crippen LogP contribution is 2.23. The quantitative estimate of drug-likeness (QED) is 0.0261. The summed E-state index contributed by atoms with van der Waals surface area (Å²) >= 11 is 0. The molecular formula is C73H135NO8. The Hall–Kier alpha value is -2.11. The Balaban J connectivity index is 2.16. The van der Waals surface area contributed by atoms with Crippen molar-refractivity contribution in [3.8, 4) is 0 Å². The molecule has 1 rings (SSSR count). The molecule has 0 bridgehead atoms. The number of aliphatic hydroxyl groups is 5. The zero-order valence-corrected chi connectivity index (χ0v) is 53.8. The van der Waals surface area contributed by atoms with E-state index >= 15 is 0 Å². The molecule has 7 atom stereocenters. The van der Waals surface area contributed by atoms with Crippen molar-refractivity contribution >= 4 is 5.91 Å². The van der Waals surface area contributed by atoms with Crippen molar-refractivity contribution in [3.63, 3.8) is 0 Å². The fraction of sp³-hybridized carbons (Fsp3) is 0.849. The second-order valence-electron chi connectivity index (χ2n) is 24.7. The van der Waals surface area contributed by atoms with Gasteiger partial charge >= 0.3 is 0 Å². The summed E-state index contributed by atoms with van der Waals surface area (Å²) in [6.07, 6.45) is 79.1. The Labute approximate surface area is 506 Å². The third-order valence-electron chi connectivity index (χ3n) is 16.8. The molecule has 0 spiro atoms. The van der Waals surface area contributed by atoms with E-state index in [9.17, 15) is 30.3 Å². The molecule has 7 unspecified atom stereocenters. The highest BCUT2D eigenvalue weighted by Gasteiger charge is 2.44. The Morgan fingerprint density at radius 3 is 1.10 bits per heavy atom. The highest BCUT2D eigenvalue weighted by atomic mass is 16.7. The van der Waals surface area contributed by atoms with Gasteiger partial charge in [-0.25, -0.2) is 0 Å². The third-order valence-corrected chi connectivity index (χ3v) is 16.8. The lowest BCUT2D eigenvalue weighted by Crippen LogP contribution is -2.60. The van der Waals surface area contributed by atoms with Crippen LogP contribution in [-0.2, 0) is 14.3 Å². The summed E-state index contributed by atoms with van der Waals surface area (Å²) in [6, 6.07) is -0.832. The van der Waals surface area contributed by atoms with Gasteiger partial charge in [-0.15, -0.1) is 0 Å². The van der Waals surface area contributed by atoms with Crippen molar-refractivity contribution in [1.82, 2.24) is 5.32 Å². The van der Waals surface area contributed by atoms with Crippen LogP contribution in [0.3, 0.4) is 0 Å². The summed E-state index contributed by atoms with van der Waals surface area (Å²) in [7, 11) is 0. The number of hydrogen-bond acceptors (Lipinski definition) is 8. The van der Waals surface area contributed by atoms with Crippen molar-refractivity contribution in [3.05, 3.63) is 60.8 Å². The van der Waals surface area contributed by atoms with Crippen LogP contribution >= 0.6 is 0 Å². The van der Waals surface area contributed by atoms with Crippen LogP contribution in [-0.4, -0.2) is 87.5 Å². The summed E-state index contributed by atoms with van der Waals surface area (Å²) < 4.78 is 11.3. The van der Waals surface area contributed by atoms with E-state index in [0.717, 1.165) is 51.4 Å². The number of ether oxygens (including phenoxy) is 2. The fourth-order valence-electron chi connectivity index (χ4n) is 11.2. The summed E-state index contributed by atoms with van der Waals surface area (Å²) in [5, 5.41) is 54.7. The smallest absolute Gasteiger partial charge is 0.220 e.